The lowest BCUT2D eigenvalue weighted by molar-refractivity contribution is -0.121. The Morgan fingerprint density at radius 3 is 2.50 bits per heavy atom. The zero-order chi connectivity index (χ0) is 27.2. The molecule has 0 spiro atoms. The molecule has 206 valence electrons. The van der Waals surface area contributed by atoms with Gasteiger partial charge in [-0.2, -0.15) is 0 Å². The van der Waals surface area contributed by atoms with Crippen molar-refractivity contribution in [3.8, 4) is 11.5 Å². The Bertz CT molecular complexity index is 1290. The van der Waals surface area contributed by atoms with Gasteiger partial charge < -0.3 is 25.1 Å². The maximum absolute atomic E-state index is 13.2. The Kier molecular flexibility index (Phi) is 7.73. The lowest BCUT2D eigenvalue weighted by Gasteiger charge is -2.40. The molecule has 0 saturated heterocycles. The van der Waals surface area contributed by atoms with Crippen LogP contribution < -0.4 is 25.7 Å². The molecule has 3 aliphatic rings. The maximum Gasteiger partial charge on any atom is 0.254 e. The molecule has 0 radical (unpaired) electrons. The van der Waals surface area contributed by atoms with Crippen LogP contribution in [0.5, 0.6) is 11.5 Å². The van der Waals surface area contributed by atoms with Crippen molar-refractivity contribution in [2.45, 2.75) is 94.8 Å². The summed E-state index contributed by atoms with van der Waals surface area (Å²) in [5, 5.41) is 6.78. The van der Waals surface area contributed by atoms with Crippen molar-refractivity contribution < 1.29 is 18.7 Å². The molecular formula is C28H35ClFN3O4S. The predicted molar refractivity (Wildman–Crippen MR) is 147 cm³/mol. The molecule has 1 amide bonds. The van der Waals surface area contributed by atoms with Crippen LogP contribution in [0.15, 0.2) is 21.8 Å². The number of halogens is 2. The third-order valence-electron chi connectivity index (χ3n) is 8.19. The van der Waals surface area contributed by atoms with Gasteiger partial charge in [-0.3, -0.25) is 9.59 Å². The Labute approximate surface area is 231 Å². The number of pyridine rings is 1. The fourth-order valence-corrected chi connectivity index (χ4v) is 6.79. The van der Waals surface area contributed by atoms with Crippen molar-refractivity contribution in [1.29, 1.82) is 0 Å². The minimum Gasteiger partial charge on any atom is -0.448 e. The van der Waals surface area contributed by atoms with E-state index in [1.165, 1.54) is 11.8 Å². The number of hydrogen-bond donors (Lipinski definition) is 3. The van der Waals surface area contributed by atoms with Gasteiger partial charge in [-0.1, -0.05) is 11.6 Å². The molecule has 0 bridgehead atoms. The van der Waals surface area contributed by atoms with E-state index in [2.05, 4.69) is 15.6 Å². The first kappa shape index (κ1) is 27.3. The zero-order valence-corrected chi connectivity index (χ0v) is 23.8. The van der Waals surface area contributed by atoms with Gasteiger partial charge in [0.2, 0.25) is 0 Å². The second-order valence-corrected chi connectivity index (χ2v) is 12.2. The van der Waals surface area contributed by atoms with Crippen LogP contribution in [0.4, 0.5) is 4.39 Å². The van der Waals surface area contributed by atoms with Gasteiger partial charge in [0.25, 0.3) is 17.3 Å². The van der Waals surface area contributed by atoms with E-state index in [1.807, 2.05) is 33.1 Å². The number of H-pyrrole nitrogens is 1. The van der Waals surface area contributed by atoms with Crippen molar-refractivity contribution in [1.82, 2.24) is 15.6 Å². The smallest absolute Gasteiger partial charge is 0.254 e. The Balaban J connectivity index is 1.26. The van der Waals surface area contributed by atoms with Crippen molar-refractivity contribution in [2.75, 3.05) is 6.26 Å². The van der Waals surface area contributed by atoms with Crippen LogP contribution in [0, 0.1) is 19.8 Å². The molecule has 1 aliphatic heterocycles. The van der Waals surface area contributed by atoms with Gasteiger partial charge in [-0.05, 0) is 70.8 Å². The molecule has 7 nitrogen and oxygen atoms in total. The van der Waals surface area contributed by atoms with E-state index >= 15 is 0 Å². The summed E-state index contributed by atoms with van der Waals surface area (Å²) in [6, 6.07) is 4.19. The SMILES string of the molecule is CSc1cc(C)[nH]c(=O)c1CNC(=O)c1cc(Cl)c2c(c1C)O[C@](C)([C@H]1CC[C@@H](N[C@H]3C[C@H](F)C3)CC1)O2. The average molecular weight is 564 g/mol. The van der Waals surface area contributed by atoms with Gasteiger partial charge in [-0.25, -0.2) is 4.39 Å². The number of hydrogen-bond acceptors (Lipinski definition) is 6. The molecule has 2 aromatic rings. The monoisotopic (exact) mass is 563 g/mol. The van der Waals surface area contributed by atoms with Gasteiger partial charge in [0.15, 0.2) is 11.5 Å². The predicted octanol–water partition coefficient (Wildman–Crippen LogP) is 5.43. The summed E-state index contributed by atoms with van der Waals surface area (Å²) in [6.07, 6.45) is 6.28. The van der Waals surface area contributed by atoms with E-state index < -0.39 is 12.0 Å². The number of ether oxygens (including phenoxy) is 2. The summed E-state index contributed by atoms with van der Waals surface area (Å²) in [7, 11) is 0. The zero-order valence-electron chi connectivity index (χ0n) is 22.2. The normalized spacial score (nSPS) is 28.2. The first-order valence-corrected chi connectivity index (χ1v) is 14.8. The third kappa shape index (κ3) is 5.29. The topological polar surface area (TPSA) is 92.5 Å². The molecule has 2 aliphatic carbocycles. The molecule has 38 heavy (non-hydrogen) atoms. The Morgan fingerprint density at radius 1 is 1.16 bits per heavy atom. The highest BCUT2D eigenvalue weighted by molar-refractivity contribution is 7.98. The van der Waals surface area contributed by atoms with E-state index in [0.29, 0.717) is 58.1 Å². The second-order valence-electron chi connectivity index (χ2n) is 10.9. The maximum atomic E-state index is 13.2. The van der Waals surface area contributed by atoms with Crippen LogP contribution in [0.3, 0.4) is 0 Å². The van der Waals surface area contributed by atoms with Crippen LogP contribution in [0.1, 0.15) is 72.6 Å². The number of amides is 1. The molecule has 10 heteroatoms. The third-order valence-corrected chi connectivity index (χ3v) is 9.27. The largest absolute Gasteiger partial charge is 0.448 e. The van der Waals surface area contributed by atoms with E-state index in [-0.39, 0.29) is 23.9 Å². The van der Waals surface area contributed by atoms with Gasteiger partial charge in [0.05, 0.1) is 5.02 Å². The summed E-state index contributed by atoms with van der Waals surface area (Å²) in [5.41, 5.74) is 2.11. The summed E-state index contributed by atoms with van der Waals surface area (Å²) >= 11 is 8.06. The summed E-state index contributed by atoms with van der Waals surface area (Å²) in [4.78, 5) is 29.3. The molecular weight excluding hydrogens is 529 g/mol. The quantitative estimate of drug-likeness (QED) is 0.389. The van der Waals surface area contributed by atoms with Gasteiger partial charge in [0, 0.05) is 58.7 Å². The number of alkyl halides is 1. The lowest BCUT2D eigenvalue weighted by Crippen LogP contribution is -2.51. The second kappa shape index (κ2) is 10.7. The number of carbonyl (C=O) groups excluding carboxylic acids is 1. The van der Waals surface area contributed by atoms with E-state index in [4.69, 9.17) is 21.1 Å². The van der Waals surface area contributed by atoms with Gasteiger partial charge in [0.1, 0.15) is 6.17 Å². The number of carbonyl (C=O) groups is 1. The molecule has 1 aromatic carbocycles. The van der Waals surface area contributed by atoms with E-state index in [1.54, 1.807) is 6.07 Å². The van der Waals surface area contributed by atoms with Crippen LogP contribution in [0.25, 0.3) is 0 Å². The van der Waals surface area contributed by atoms with Crippen LogP contribution in [-0.4, -0.2) is 41.2 Å². The average Bonchev–Trinajstić information content (AvgIpc) is 3.24. The number of fused-ring (bicyclic) bond motifs is 1. The number of thioether (sulfide) groups is 1. The molecule has 1 aromatic heterocycles. The fraction of sp³-hybridized carbons (Fsp3) is 0.571. The van der Waals surface area contributed by atoms with Crippen LogP contribution >= 0.6 is 23.4 Å². The van der Waals surface area contributed by atoms with E-state index in [0.717, 1.165) is 36.3 Å². The number of nitrogens with one attached hydrogen (secondary N) is 3. The first-order valence-electron chi connectivity index (χ1n) is 13.2. The summed E-state index contributed by atoms with van der Waals surface area (Å²) in [6.45, 7) is 5.68. The van der Waals surface area contributed by atoms with E-state index in [9.17, 15) is 14.0 Å². The number of aromatic amines is 1. The molecule has 2 saturated carbocycles. The first-order chi connectivity index (χ1) is 18.1. The molecule has 2 fully saturated rings. The van der Waals surface area contributed by atoms with Crippen LogP contribution in [0.2, 0.25) is 5.02 Å². The highest BCUT2D eigenvalue weighted by atomic mass is 35.5. The van der Waals surface area contributed by atoms with Crippen molar-refractivity contribution >= 4 is 29.3 Å². The number of aromatic nitrogens is 1. The van der Waals surface area contributed by atoms with Crippen molar-refractivity contribution in [3.63, 3.8) is 0 Å². The standard InChI is InChI=1S/C28H35ClFN3O4S/c1-14-9-23(38-4)21(27(35)32-14)13-31-26(34)20-12-22(29)25-24(15(20)2)36-28(3,37-25)16-5-7-18(8-6-16)33-19-10-17(30)11-19/h9,12,16-19,33H,5-8,10-11,13H2,1-4H3,(H,31,34)(H,32,35)/t16-,17-,18+,19-,28-/m0/s1. The number of benzene rings is 1. The molecule has 2 heterocycles. The minimum atomic E-state index is -0.875. The summed E-state index contributed by atoms with van der Waals surface area (Å²) < 4.78 is 25.9. The molecule has 5 rings (SSSR count). The Morgan fingerprint density at radius 2 is 1.84 bits per heavy atom. The highest BCUT2D eigenvalue weighted by Gasteiger charge is 2.47. The van der Waals surface area contributed by atoms with Crippen LogP contribution in [-0.2, 0) is 6.54 Å². The molecule has 0 unspecified atom stereocenters. The van der Waals surface area contributed by atoms with Gasteiger partial charge in [-0.15, -0.1) is 11.8 Å². The fourth-order valence-electron chi connectivity index (χ4n) is 5.85. The van der Waals surface area contributed by atoms with Gasteiger partial charge >= 0.3 is 0 Å². The van der Waals surface area contributed by atoms with Crippen molar-refractivity contribution in [2.24, 2.45) is 5.92 Å². The summed E-state index contributed by atoms with van der Waals surface area (Å²) in [5.74, 6) is -0.0955. The number of rotatable bonds is 7. The molecule has 3 N–H and O–H groups in total. The highest BCUT2D eigenvalue weighted by Crippen LogP contribution is 2.51. The molecule has 1 atom stereocenters. The lowest BCUT2D eigenvalue weighted by atomic mass is 9.80. The minimum absolute atomic E-state index is 0.0952. The Hall–Kier alpha value is -2.23. The van der Waals surface area contributed by atoms with Crippen molar-refractivity contribution in [3.05, 3.63) is 49.9 Å². The number of aryl methyl sites for hydroxylation is 1.